The van der Waals surface area contributed by atoms with Crippen LogP contribution >= 0.6 is 0 Å². The molecule has 0 fully saturated rings. The molecule has 0 atom stereocenters. The fourth-order valence-corrected chi connectivity index (χ4v) is 1.55. The molecule has 0 saturated heterocycles. The molecule has 4 nitrogen and oxygen atoms in total. The van der Waals surface area contributed by atoms with Crippen LogP contribution in [-0.4, -0.2) is 3.14 Å². The Morgan fingerprint density at radius 2 is 2.60 bits per heavy atom. The van der Waals surface area contributed by atoms with Gasteiger partial charge in [0.1, 0.15) is 0 Å². The van der Waals surface area contributed by atoms with E-state index in [0.29, 0.717) is 10.2 Å². The van der Waals surface area contributed by atoms with E-state index in [9.17, 15) is 10.1 Å². The molecule has 1 rings (SSSR count). The Labute approximate surface area is 68.0 Å². The zero-order valence-corrected chi connectivity index (χ0v) is 7.15. The van der Waals surface area contributed by atoms with Crippen molar-refractivity contribution in [2.75, 3.05) is 0 Å². The van der Waals surface area contributed by atoms with Crippen LogP contribution in [0, 0.1) is 10.1 Å². The number of furan rings is 1. The Bertz CT molecular complexity index is 209. The van der Waals surface area contributed by atoms with Crippen molar-refractivity contribution in [1.29, 1.82) is 0 Å². The van der Waals surface area contributed by atoms with Crippen LogP contribution in [0.4, 0.5) is 0 Å². The van der Waals surface area contributed by atoms with Gasteiger partial charge in [0.2, 0.25) is 0 Å². The summed E-state index contributed by atoms with van der Waals surface area (Å²) < 4.78 is 5.14. The molecule has 1 aromatic rings. The third-order valence-electron chi connectivity index (χ3n) is 0.869. The van der Waals surface area contributed by atoms with Crippen molar-refractivity contribution < 1.29 is 29.0 Å². The van der Waals surface area contributed by atoms with E-state index in [0.717, 1.165) is 0 Å². The Hall–Kier alpha value is -0.590. The quantitative estimate of drug-likeness (QED) is 0.207. The predicted octanol–water partition coefficient (Wildman–Crippen LogP) is -1.94. The van der Waals surface area contributed by atoms with E-state index >= 15 is 0 Å². The van der Waals surface area contributed by atoms with Gasteiger partial charge in [0.15, 0.2) is 0 Å². The van der Waals surface area contributed by atoms with Gasteiger partial charge < -0.3 is 0 Å². The zero-order valence-electron chi connectivity index (χ0n) is 4.99. The zero-order chi connectivity index (χ0) is 7.40. The van der Waals surface area contributed by atoms with Gasteiger partial charge in [-0.15, -0.1) is 0 Å². The Morgan fingerprint density at radius 3 is 3.10 bits per heavy atom. The summed E-state index contributed by atoms with van der Waals surface area (Å²) >= 11 is -0.959. The number of hydrogen-bond acceptors (Lipinski definition) is 3. The fraction of sp³-hybridized carbons (Fsp3) is 0.200. The normalized spacial score (nSPS) is 10.0. The Kier molecular flexibility index (Phi) is 2.67. The molecule has 0 aliphatic rings. The topological polar surface area (TPSA) is 56.3 Å². The number of nitrogens with zero attached hydrogens (tertiary/aromatic N) is 1. The van der Waals surface area contributed by atoms with Crippen molar-refractivity contribution in [3.8, 4) is 0 Å². The number of rotatable bonds is 3. The molecule has 0 aliphatic carbocycles. The minimum absolute atomic E-state index is 0.249. The molecule has 0 aromatic carbocycles. The molecule has 5 heteroatoms. The van der Waals surface area contributed by atoms with E-state index in [1.807, 2.05) is 0 Å². The molecule has 1 aromatic heterocycles. The first-order valence-electron chi connectivity index (χ1n) is 2.55. The van der Waals surface area contributed by atoms with E-state index < -0.39 is 21.5 Å². The third-order valence-corrected chi connectivity index (χ3v) is 2.52. The molecule has 0 unspecified atom stereocenters. The van der Waals surface area contributed by atoms with Gasteiger partial charge in [-0.2, -0.15) is 0 Å². The second-order valence-electron chi connectivity index (χ2n) is 1.55. The number of nitro groups is 1. The molecular weight excluding hydrogens is 249 g/mol. The van der Waals surface area contributed by atoms with E-state index in [-0.39, 0.29) is 3.14 Å². The SMILES string of the molecule is O=[N+]([O-])[I-]Cc1ccco1. The van der Waals surface area contributed by atoms with Crippen LogP contribution in [-0.2, 0) is 4.43 Å². The van der Waals surface area contributed by atoms with Crippen LogP contribution in [0.5, 0.6) is 0 Å². The van der Waals surface area contributed by atoms with Gasteiger partial charge in [-0.3, -0.25) is 0 Å². The van der Waals surface area contributed by atoms with E-state index in [2.05, 4.69) is 0 Å². The van der Waals surface area contributed by atoms with Gasteiger partial charge >= 0.3 is 67.7 Å². The molecule has 10 heavy (non-hydrogen) atoms. The van der Waals surface area contributed by atoms with Gasteiger partial charge in [0.05, 0.1) is 0 Å². The molecular formula is C5H5INO3-. The number of halogens is 1. The first kappa shape index (κ1) is 7.52. The number of alkyl halides is 1. The van der Waals surface area contributed by atoms with E-state index in [4.69, 9.17) is 4.42 Å². The van der Waals surface area contributed by atoms with Gasteiger partial charge in [0.25, 0.3) is 0 Å². The van der Waals surface area contributed by atoms with Crippen molar-refractivity contribution in [1.82, 2.24) is 0 Å². The maximum absolute atomic E-state index is 9.91. The minimum atomic E-state index is -0.959. The van der Waals surface area contributed by atoms with Crippen LogP contribution in [0.1, 0.15) is 5.76 Å². The summed E-state index contributed by atoms with van der Waals surface area (Å²) in [6.45, 7) is 0. The van der Waals surface area contributed by atoms with Crippen LogP contribution in [0.2, 0.25) is 0 Å². The predicted molar refractivity (Wildman–Crippen MR) is 29.4 cm³/mol. The summed E-state index contributed by atoms with van der Waals surface area (Å²) in [7, 11) is 0. The Morgan fingerprint density at radius 1 is 1.80 bits per heavy atom. The van der Waals surface area contributed by atoms with Gasteiger partial charge in [-0.1, -0.05) is 0 Å². The van der Waals surface area contributed by atoms with Crippen molar-refractivity contribution in [3.63, 3.8) is 0 Å². The molecule has 0 spiro atoms. The second kappa shape index (κ2) is 3.55. The Balaban J connectivity index is 2.35. The monoisotopic (exact) mass is 254 g/mol. The molecule has 0 aliphatic heterocycles. The van der Waals surface area contributed by atoms with Crippen molar-refractivity contribution in [2.24, 2.45) is 0 Å². The number of hydrogen-bond donors (Lipinski definition) is 0. The molecule has 0 amide bonds. The molecule has 0 N–H and O–H groups in total. The summed E-state index contributed by atoms with van der Waals surface area (Å²) in [4.78, 5) is 9.91. The maximum atomic E-state index is 9.91. The van der Waals surface area contributed by atoms with Crippen LogP contribution in [0.25, 0.3) is 0 Å². The molecule has 0 saturated carbocycles. The molecule has 0 bridgehead atoms. The third kappa shape index (κ3) is 2.34. The van der Waals surface area contributed by atoms with Gasteiger partial charge in [0, 0.05) is 0 Å². The first-order chi connectivity index (χ1) is 4.79. The van der Waals surface area contributed by atoms with Crippen LogP contribution in [0.15, 0.2) is 22.8 Å². The summed E-state index contributed by atoms with van der Waals surface area (Å²) in [5, 5.41) is 9.91. The molecule has 1 heterocycles. The standard InChI is InChI=1S/C5H5INO3/c8-7(9)6-4-5-2-1-3-10-5/h1-3H,4H2/q-1. The van der Waals surface area contributed by atoms with Crippen LogP contribution < -0.4 is 21.5 Å². The summed E-state index contributed by atoms with van der Waals surface area (Å²) in [5.74, 6) is 0.713. The summed E-state index contributed by atoms with van der Waals surface area (Å²) in [5.41, 5.74) is 0. The van der Waals surface area contributed by atoms with Crippen molar-refractivity contribution in [3.05, 3.63) is 34.3 Å². The first-order valence-corrected chi connectivity index (χ1v) is 5.04. The average Bonchev–Trinajstić information content (AvgIpc) is 2.34. The fourth-order valence-electron chi connectivity index (χ4n) is 0.496. The van der Waals surface area contributed by atoms with E-state index in [1.54, 1.807) is 12.1 Å². The molecule has 0 radical (unpaired) electrons. The van der Waals surface area contributed by atoms with Crippen molar-refractivity contribution >= 4 is 0 Å². The van der Waals surface area contributed by atoms with Gasteiger partial charge in [-0.05, 0) is 0 Å². The second-order valence-corrected chi connectivity index (χ2v) is 3.78. The van der Waals surface area contributed by atoms with Crippen molar-refractivity contribution in [2.45, 2.75) is 4.43 Å². The molecule has 56 valence electrons. The summed E-state index contributed by atoms with van der Waals surface area (Å²) in [6.07, 6.45) is 1.53. The van der Waals surface area contributed by atoms with Crippen LogP contribution in [0.3, 0.4) is 0 Å². The van der Waals surface area contributed by atoms with Gasteiger partial charge in [-0.25, -0.2) is 0 Å². The van der Waals surface area contributed by atoms with E-state index in [1.165, 1.54) is 6.26 Å². The summed E-state index contributed by atoms with van der Waals surface area (Å²) in [6, 6.07) is 3.49. The average molecular weight is 254 g/mol.